The first-order chi connectivity index (χ1) is 11.7. The van der Waals surface area contributed by atoms with E-state index >= 15 is 0 Å². The summed E-state index contributed by atoms with van der Waals surface area (Å²) in [6, 6.07) is 14.7. The molecule has 1 aliphatic heterocycles. The van der Waals surface area contributed by atoms with E-state index in [9.17, 15) is 0 Å². The fraction of sp³-hybridized carbons (Fsp3) is 0.400. The van der Waals surface area contributed by atoms with Crippen LogP contribution in [-0.2, 0) is 6.54 Å². The number of hydrogen-bond donors (Lipinski definition) is 0. The molecule has 0 N–H and O–H groups in total. The van der Waals surface area contributed by atoms with Crippen molar-refractivity contribution in [3.63, 3.8) is 0 Å². The van der Waals surface area contributed by atoms with Gasteiger partial charge >= 0.3 is 0 Å². The summed E-state index contributed by atoms with van der Waals surface area (Å²) >= 11 is 0. The summed E-state index contributed by atoms with van der Waals surface area (Å²) in [5.74, 6) is 1.91. The van der Waals surface area contributed by atoms with E-state index in [-0.39, 0.29) is 0 Å². The summed E-state index contributed by atoms with van der Waals surface area (Å²) < 4.78 is 10.8. The van der Waals surface area contributed by atoms with E-state index in [1.54, 1.807) is 14.2 Å². The Morgan fingerprint density at radius 3 is 2.25 bits per heavy atom. The van der Waals surface area contributed by atoms with Crippen LogP contribution in [0.15, 0.2) is 42.5 Å². The Hall–Kier alpha value is -2.20. The quantitative estimate of drug-likeness (QED) is 0.841. The number of hydrogen-bond acceptors (Lipinski definition) is 4. The van der Waals surface area contributed by atoms with Crippen LogP contribution in [0.1, 0.15) is 11.1 Å². The van der Waals surface area contributed by atoms with E-state index in [1.165, 1.54) is 16.8 Å². The van der Waals surface area contributed by atoms with Crippen molar-refractivity contribution in [1.82, 2.24) is 4.90 Å². The average Bonchev–Trinajstić information content (AvgIpc) is 2.62. The Morgan fingerprint density at radius 1 is 0.875 bits per heavy atom. The molecule has 24 heavy (non-hydrogen) atoms. The first-order valence-corrected chi connectivity index (χ1v) is 8.45. The van der Waals surface area contributed by atoms with E-state index in [4.69, 9.17) is 9.47 Å². The van der Waals surface area contributed by atoms with Crippen LogP contribution >= 0.6 is 0 Å². The Labute approximate surface area is 144 Å². The minimum Gasteiger partial charge on any atom is -0.496 e. The third kappa shape index (κ3) is 3.65. The molecular formula is C20H26N2O2. The number of methoxy groups -OCH3 is 2. The predicted octanol–water partition coefficient (Wildman–Crippen LogP) is 3.33. The zero-order valence-electron chi connectivity index (χ0n) is 14.8. The fourth-order valence-electron chi connectivity index (χ4n) is 3.33. The molecule has 4 heteroatoms. The molecular weight excluding hydrogens is 300 g/mol. The number of anilines is 1. The largest absolute Gasteiger partial charge is 0.496 e. The summed E-state index contributed by atoms with van der Waals surface area (Å²) in [5.41, 5.74) is 3.74. The normalized spacial score (nSPS) is 15.4. The average molecular weight is 326 g/mol. The standard InChI is InChI=1S/C20H26N2O2/c1-16-14-17(8-9-19(16)23-2)15-21-10-12-22(13-11-21)18-6-4-5-7-20(18)24-3/h4-9,14H,10-13,15H2,1-3H3. The van der Waals surface area contributed by atoms with Gasteiger partial charge in [0, 0.05) is 32.7 Å². The first-order valence-electron chi connectivity index (χ1n) is 8.45. The Kier molecular flexibility index (Phi) is 5.26. The van der Waals surface area contributed by atoms with Crippen molar-refractivity contribution in [2.45, 2.75) is 13.5 Å². The summed E-state index contributed by atoms with van der Waals surface area (Å²) in [4.78, 5) is 4.92. The molecule has 0 spiro atoms. The summed E-state index contributed by atoms with van der Waals surface area (Å²) in [7, 11) is 3.46. The minimum atomic E-state index is 0.955. The lowest BCUT2D eigenvalue weighted by molar-refractivity contribution is 0.249. The van der Waals surface area contributed by atoms with E-state index in [2.05, 4.69) is 47.1 Å². The van der Waals surface area contributed by atoms with Gasteiger partial charge < -0.3 is 14.4 Å². The number of ether oxygens (including phenoxy) is 2. The van der Waals surface area contributed by atoms with E-state index < -0.39 is 0 Å². The topological polar surface area (TPSA) is 24.9 Å². The molecule has 2 aromatic rings. The van der Waals surface area contributed by atoms with Gasteiger partial charge in [0.1, 0.15) is 11.5 Å². The van der Waals surface area contributed by atoms with Crippen molar-refractivity contribution in [1.29, 1.82) is 0 Å². The lowest BCUT2D eigenvalue weighted by Gasteiger charge is -2.36. The smallest absolute Gasteiger partial charge is 0.142 e. The van der Waals surface area contributed by atoms with Gasteiger partial charge in [0.25, 0.3) is 0 Å². The maximum atomic E-state index is 5.49. The molecule has 0 aromatic heterocycles. The molecule has 1 fully saturated rings. The van der Waals surface area contributed by atoms with Crippen molar-refractivity contribution in [2.24, 2.45) is 0 Å². The van der Waals surface area contributed by atoms with Crippen LogP contribution in [0.3, 0.4) is 0 Å². The van der Waals surface area contributed by atoms with Crippen LogP contribution in [0.5, 0.6) is 11.5 Å². The van der Waals surface area contributed by atoms with Gasteiger partial charge in [-0.25, -0.2) is 0 Å². The molecule has 0 amide bonds. The fourth-order valence-corrected chi connectivity index (χ4v) is 3.33. The van der Waals surface area contributed by atoms with E-state index in [0.29, 0.717) is 0 Å². The maximum Gasteiger partial charge on any atom is 0.142 e. The molecule has 1 saturated heterocycles. The molecule has 0 aliphatic carbocycles. The van der Waals surface area contributed by atoms with Crippen LogP contribution in [0.2, 0.25) is 0 Å². The number of rotatable bonds is 5. The second-order valence-corrected chi connectivity index (χ2v) is 6.24. The van der Waals surface area contributed by atoms with Gasteiger partial charge in [-0.15, -0.1) is 0 Å². The number of benzene rings is 2. The molecule has 0 atom stereocenters. The third-order valence-corrected chi connectivity index (χ3v) is 4.66. The summed E-state index contributed by atoms with van der Waals surface area (Å²) in [5, 5.41) is 0. The van der Waals surface area contributed by atoms with Crippen molar-refractivity contribution < 1.29 is 9.47 Å². The number of piperazine rings is 1. The van der Waals surface area contributed by atoms with Gasteiger partial charge in [-0.3, -0.25) is 4.90 Å². The van der Waals surface area contributed by atoms with E-state index in [0.717, 1.165) is 44.2 Å². The lowest BCUT2D eigenvalue weighted by Crippen LogP contribution is -2.46. The van der Waals surface area contributed by atoms with Gasteiger partial charge in [0.15, 0.2) is 0 Å². The highest BCUT2D eigenvalue weighted by Gasteiger charge is 2.19. The van der Waals surface area contributed by atoms with Gasteiger partial charge in [0.2, 0.25) is 0 Å². The molecule has 1 heterocycles. The van der Waals surface area contributed by atoms with E-state index in [1.807, 2.05) is 12.1 Å². The Balaban J connectivity index is 1.60. The van der Waals surface area contributed by atoms with Gasteiger partial charge in [-0.2, -0.15) is 0 Å². The SMILES string of the molecule is COc1ccc(CN2CCN(c3ccccc3OC)CC2)cc1C. The van der Waals surface area contributed by atoms with Gasteiger partial charge in [0.05, 0.1) is 19.9 Å². The highest BCUT2D eigenvalue weighted by atomic mass is 16.5. The Bertz CT molecular complexity index is 679. The highest BCUT2D eigenvalue weighted by Crippen LogP contribution is 2.28. The van der Waals surface area contributed by atoms with Crippen molar-refractivity contribution in [3.05, 3.63) is 53.6 Å². The minimum absolute atomic E-state index is 0.955. The molecule has 3 rings (SSSR count). The molecule has 0 saturated carbocycles. The zero-order valence-corrected chi connectivity index (χ0v) is 14.8. The second-order valence-electron chi connectivity index (χ2n) is 6.24. The highest BCUT2D eigenvalue weighted by molar-refractivity contribution is 5.58. The molecule has 4 nitrogen and oxygen atoms in total. The summed E-state index contributed by atoms with van der Waals surface area (Å²) in [6.07, 6.45) is 0. The van der Waals surface area contributed by atoms with Gasteiger partial charge in [-0.1, -0.05) is 24.3 Å². The van der Waals surface area contributed by atoms with Crippen LogP contribution < -0.4 is 14.4 Å². The zero-order chi connectivity index (χ0) is 16.9. The van der Waals surface area contributed by atoms with Crippen molar-refractivity contribution >= 4 is 5.69 Å². The number of nitrogens with zero attached hydrogens (tertiary/aromatic N) is 2. The Morgan fingerprint density at radius 2 is 1.58 bits per heavy atom. The molecule has 0 bridgehead atoms. The van der Waals surface area contributed by atoms with Crippen LogP contribution in [0.4, 0.5) is 5.69 Å². The molecule has 1 aliphatic rings. The third-order valence-electron chi connectivity index (χ3n) is 4.66. The van der Waals surface area contributed by atoms with Crippen LogP contribution in [0.25, 0.3) is 0 Å². The predicted molar refractivity (Wildman–Crippen MR) is 98.2 cm³/mol. The van der Waals surface area contributed by atoms with Crippen molar-refractivity contribution in [2.75, 3.05) is 45.3 Å². The number of para-hydroxylation sites is 2. The van der Waals surface area contributed by atoms with Gasteiger partial charge in [-0.05, 0) is 36.2 Å². The van der Waals surface area contributed by atoms with Crippen LogP contribution in [0, 0.1) is 6.92 Å². The molecule has 128 valence electrons. The maximum absolute atomic E-state index is 5.49. The first kappa shape index (κ1) is 16.7. The van der Waals surface area contributed by atoms with Crippen molar-refractivity contribution in [3.8, 4) is 11.5 Å². The second kappa shape index (κ2) is 7.58. The van der Waals surface area contributed by atoms with Crippen LogP contribution in [-0.4, -0.2) is 45.3 Å². The molecule has 2 aromatic carbocycles. The lowest BCUT2D eigenvalue weighted by atomic mass is 10.1. The monoisotopic (exact) mass is 326 g/mol. The molecule has 0 radical (unpaired) electrons. The number of aryl methyl sites for hydroxylation is 1. The summed E-state index contributed by atoms with van der Waals surface area (Å²) in [6.45, 7) is 7.25. The molecule has 0 unspecified atom stereocenters.